The molecule has 0 saturated carbocycles. The minimum Gasteiger partial charge on any atom is -0.383 e. The van der Waals surface area contributed by atoms with Gasteiger partial charge in [0.05, 0.1) is 10.2 Å². The first-order valence-corrected chi connectivity index (χ1v) is 8.52. The number of aliphatic hydroxyl groups is 2. The largest absolute Gasteiger partial charge is 0.383 e. The van der Waals surface area contributed by atoms with Gasteiger partial charge in [0.15, 0.2) is 6.10 Å². The number of carbonyl (C=O) groups excluding carboxylic acids is 1. The first-order valence-electron chi connectivity index (χ1n) is 7.70. The van der Waals surface area contributed by atoms with Crippen molar-refractivity contribution in [1.82, 2.24) is 9.88 Å². The van der Waals surface area contributed by atoms with Gasteiger partial charge in [-0.15, -0.1) is 11.3 Å². The highest BCUT2D eigenvalue weighted by atomic mass is 32.1. The molecule has 1 aliphatic rings. The number of amides is 1. The van der Waals surface area contributed by atoms with Gasteiger partial charge in [-0.05, 0) is 23.3 Å². The number of thiazole rings is 1. The predicted octanol–water partition coefficient (Wildman–Crippen LogP) is 2.23. The molecule has 0 saturated heterocycles. The van der Waals surface area contributed by atoms with Crippen molar-refractivity contribution in [2.75, 3.05) is 0 Å². The number of carbonyl (C=O) groups is 1. The SMILES string of the molecule is O=C(C(O)C(O)c1nc2ccccc2s1)N1Cc2ccccc2C1. The highest BCUT2D eigenvalue weighted by Gasteiger charge is 2.34. The minimum absolute atomic E-state index is 0.355. The summed E-state index contributed by atoms with van der Waals surface area (Å²) in [7, 11) is 0. The van der Waals surface area contributed by atoms with Crippen LogP contribution in [-0.2, 0) is 17.9 Å². The van der Waals surface area contributed by atoms with E-state index in [9.17, 15) is 15.0 Å². The lowest BCUT2D eigenvalue weighted by molar-refractivity contribution is -0.147. The molecule has 1 amide bonds. The van der Waals surface area contributed by atoms with Crippen molar-refractivity contribution in [3.63, 3.8) is 0 Å². The Hall–Kier alpha value is -2.28. The number of nitrogens with zero attached hydrogens (tertiary/aromatic N) is 2. The van der Waals surface area contributed by atoms with E-state index in [2.05, 4.69) is 4.98 Å². The molecule has 0 radical (unpaired) electrons. The first kappa shape index (κ1) is 15.3. The molecule has 122 valence electrons. The van der Waals surface area contributed by atoms with Gasteiger partial charge in [-0.3, -0.25) is 4.79 Å². The monoisotopic (exact) mass is 340 g/mol. The van der Waals surface area contributed by atoms with Crippen LogP contribution >= 0.6 is 11.3 Å². The second-order valence-electron chi connectivity index (χ2n) is 5.87. The lowest BCUT2D eigenvalue weighted by atomic mass is 10.1. The van der Waals surface area contributed by atoms with Crippen LogP contribution in [0.3, 0.4) is 0 Å². The van der Waals surface area contributed by atoms with Crippen LogP contribution in [0.2, 0.25) is 0 Å². The molecule has 6 heteroatoms. The molecule has 1 aliphatic heterocycles. The van der Waals surface area contributed by atoms with Crippen LogP contribution in [0.1, 0.15) is 22.2 Å². The van der Waals surface area contributed by atoms with E-state index < -0.39 is 18.1 Å². The molecule has 2 unspecified atom stereocenters. The zero-order valence-electron chi connectivity index (χ0n) is 12.8. The summed E-state index contributed by atoms with van der Waals surface area (Å²) in [4.78, 5) is 18.4. The van der Waals surface area contributed by atoms with Crippen molar-refractivity contribution >= 4 is 27.5 Å². The standard InChI is InChI=1S/C18H16N2O3S/c21-15(17-19-13-7-3-4-8-14(13)24-17)16(22)18(23)20-9-11-5-1-2-6-12(11)10-20/h1-8,15-16,21-22H,9-10H2. The molecule has 2 aromatic carbocycles. The Kier molecular flexibility index (Phi) is 3.80. The third kappa shape index (κ3) is 2.58. The number of aliphatic hydroxyl groups excluding tert-OH is 2. The number of aromatic nitrogens is 1. The summed E-state index contributed by atoms with van der Waals surface area (Å²) in [6, 6.07) is 15.3. The Labute approximate surface area is 142 Å². The highest BCUT2D eigenvalue weighted by Crippen LogP contribution is 2.30. The van der Waals surface area contributed by atoms with Crippen LogP contribution in [0.15, 0.2) is 48.5 Å². The van der Waals surface area contributed by atoms with Crippen LogP contribution < -0.4 is 0 Å². The van der Waals surface area contributed by atoms with E-state index in [4.69, 9.17) is 0 Å². The fourth-order valence-electron chi connectivity index (χ4n) is 2.96. The van der Waals surface area contributed by atoms with E-state index in [1.807, 2.05) is 48.5 Å². The number of para-hydroxylation sites is 1. The Morgan fingerprint density at radius 2 is 1.67 bits per heavy atom. The van der Waals surface area contributed by atoms with Crippen molar-refractivity contribution in [3.8, 4) is 0 Å². The van der Waals surface area contributed by atoms with Gasteiger partial charge >= 0.3 is 0 Å². The minimum atomic E-state index is -1.51. The lowest BCUT2D eigenvalue weighted by Gasteiger charge is -2.22. The molecule has 0 spiro atoms. The fourth-order valence-corrected chi connectivity index (χ4v) is 3.95. The molecule has 2 atom stereocenters. The number of benzene rings is 2. The van der Waals surface area contributed by atoms with Gasteiger partial charge in [0.1, 0.15) is 11.1 Å². The van der Waals surface area contributed by atoms with Gasteiger partial charge in [-0.1, -0.05) is 36.4 Å². The van der Waals surface area contributed by atoms with Crippen LogP contribution in [0.5, 0.6) is 0 Å². The number of hydrogen-bond donors (Lipinski definition) is 2. The molecule has 3 aromatic rings. The summed E-state index contributed by atoms with van der Waals surface area (Å²) in [5, 5.41) is 21.1. The normalized spacial score (nSPS) is 16.2. The lowest BCUT2D eigenvalue weighted by Crippen LogP contribution is -2.39. The summed E-state index contributed by atoms with van der Waals surface area (Å²) in [6.07, 6.45) is -2.83. The smallest absolute Gasteiger partial charge is 0.255 e. The molecule has 1 aromatic heterocycles. The Morgan fingerprint density at radius 1 is 1.04 bits per heavy atom. The first-order chi connectivity index (χ1) is 11.6. The Balaban J connectivity index is 1.52. The third-order valence-corrected chi connectivity index (χ3v) is 5.38. The van der Waals surface area contributed by atoms with E-state index in [1.54, 1.807) is 4.90 Å². The molecule has 4 rings (SSSR count). The zero-order chi connectivity index (χ0) is 16.7. The van der Waals surface area contributed by atoms with Crippen molar-refractivity contribution in [3.05, 3.63) is 64.7 Å². The summed E-state index contributed by atoms with van der Waals surface area (Å²) < 4.78 is 0.916. The maximum atomic E-state index is 12.5. The van der Waals surface area contributed by atoms with E-state index in [1.165, 1.54) is 11.3 Å². The summed E-state index contributed by atoms with van der Waals surface area (Å²) in [6.45, 7) is 0.914. The molecule has 2 N–H and O–H groups in total. The molecule has 0 aliphatic carbocycles. The zero-order valence-corrected chi connectivity index (χ0v) is 13.6. The average molecular weight is 340 g/mol. The van der Waals surface area contributed by atoms with Gasteiger partial charge in [0.2, 0.25) is 0 Å². The molecule has 5 nitrogen and oxygen atoms in total. The summed E-state index contributed by atoms with van der Waals surface area (Å²) >= 11 is 1.29. The van der Waals surface area contributed by atoms with E-state index in [0.29, 0.717) is 18.1 Å². The van der Waals surface area contributed by atoms with Gasteiger partial charge in [0.25, 0.3) is 5.91 Å². The number of hydrogen-bond acceptors (Lipinski definition) is 5. The highest BCUT2D eigenvalue weighted by molar-refractivity contribution is 7.18. The van der Waals surface area contributed by atoms with Gasteiger partial charge < -0.3 is 15.1 Å². The topological polar surface area (TPSA) is 73.7 Å². The van der Waals surface area contributed by atoms with Crippen molar-refractivity contribution in [2.24, 2.45) is 0 Å². The molecular weight excluding hydrogens is 324 g/mol. The quantitative estimate of drug-likeness (QED) is 0.767. The Bertz CT molecular complexity index is 850. The second-order valence-corrected chi connectivity index (χ2v) is 6.93. The number of rotatable bonds is 3. The molecular formula is C18H16N2O3S. The van der Waals surface area contributed by atoms with E-state index in [0.717, 1.165) is 21.3 Å². The predicted molar refractivity (Wildman–Crippen MR) is 91.3 cm³/mol. The van der Waals surface area contributed by atoms with Crippen LogP contribution in [0.4, 0.5) is 0 Å². The van der Waals surface area contributed by atoms with Crippen molar-refractivity contribution in [1.29, 1.82) is 0 Å². The Morgan fingerprint density at radius 3 is 2.33 bits per heavy atom. The average Bonchev–Trinajstić information content (AvgIpc) is 3.23. The maximum Gasteiger partial charge on any atom is 0.255 e. The summed E-state index contributed by atoms with van der Waals surface area (Å²) in [5.41, 5.74) is 2.91. The van der Waals surface area contributed by atoms with Crippen LogP contribution in [0.25, 0.3) is 10.2 Å². The second kappa shape index (κ2) is 5.98. The van der Waals surface area contributed by atoms with Gasteiger partial charge in [-0.25, -0.2) is 4.98 Å². The van der Waals surface area contributed by atoms with Gasteiger partial charge in [0, 0.05) is 13.1 Å². The maximum absolute atomic E-state index is 12.5. The number of fused-ring (bicyclic) bond motifs is 2. The van der Waals surface area contributed by atoms with E-state index in [-0.39, 0.29) is 0 Å². The fraction of sp³-hybridized carbons (Fsp3) is 0.222. The van der Waals surface area contributed by atoms with Crippen molar-refractivity contribution in [2.45, 2.75) is 25.3 Å². The van der Waals surface area contributed by atoms with Crippen LogP contribution in [0, 0.1) is 0 Å². The van der Waals surface area contributed by atoms with E-state index >= 15 is 0 Å². The molecule has 2 heterocycles. The van der Waals surface area contributed by atoms with Gasteiger partial charge in [-0.2, -0.15) is 0 Å². The van der Waals surface area contributed by atoms with Crippen LogP contribution in [-0.4, -0.2) is 32.1 Å². The third-order valence-electron chi connectivity index (χ3n) is 4.27. The summed E-state index contributed by atoms with van der Waals surface area (Å²) in [5.74, 6) is -0.474. The van der Waals surface area contributed by atoms with Crippen molar-refractivity contribution < 1.29 is 15.0 Å². The molecule has 24 heavy (non-hydrogen) atoms. The molecule has 0 fully saturated rings. The molecule has 0 bridgehead atoms.